The number of benzene rings is 1. The Balaban J connectivity index is 2.10. The number of nitrogens with zero attached hydrogens (tertiary/aromatic N) is 1. The van der Waals surface area contributed by atoms with Crippen molar-refractivity contribution in [2.24, 2.45) is 11.8 Å². The Labute approximate surface area is 159 Å². The average molecular weight is 398 g/mol. The minimum Gasteiger partial charge on any atom is -0.479 e. The van der Waals surface area contributed by atoms with Crippen molar-refractivity contribution in [2.75, 3.05) is 19.6 Å². The third kappa shape index (κ3) is 5.06. The lowest BCUT2D eigenvalue weighted by Crippen LogP contribution is -2.46. The van der Waals surface area contributed by atoms with Crippen LogP contribution in [-0.2, 0) is 14.8 Å². The Morgan fingerprint density at radius 1 is 1.19 bits per heavy atom. The van der Waals surface area contributed by atoms with Crippen LogP contribution in [0, 0.1) is 11.8 Å². The lowest BCUT2D eigenvalue weighted by atomic mass is 9.94. The first kappa shape index (κ1) is 21.3. The van der Waals surface area contributed by atoms with Crippen LogP contribution in [0.3, 0.4) is 0 Å². The van der Waals surface area contributed by atoms with Crippen molar-refractivity contribution in [3.05, 3.63) is 29.8 Å². The molecule has 1 aliphatic rings. The number of aliphatic carboxylic acids is 1. The molecule has 3 N–H and O–H groups in total. The Morgan fingerprint density at radius 3 is 2.19 bits per heavy atom. The topological polar surface area (TPSA) is 124 Å². The number of carboxylic acid groups (broad SMARTS) is 1. The molecule has 1 aromatic rings. The van der Waals surface area contributed by atoms with Gasteiger partial charge in [-0.05, 0) is 49.4 Å². The van der Waals surface area contributed by atoms with Gasteiger partial charge in [0.2, 0.25) is 10.0 Å². The molecule has 8 nitrogen and oxygen atoms in total. The number of nitrogens with one attached hydrogen (secondary N) is 1. The highest BCUT2D eigenvalue weighted by Crippen LogP contribution is 2.26. The van der Waals surface area contributed by atoms with E-state index >= 15 is 0 Å². The van der Waals surface area contributed by atoms with Gasteiger partial charge in [0.1, 0.15) is 0 Å². The van der Waals surface area contributed by atoms with Crippen LogP contribution in [0.2, 0.25) is 0 Å². The van der Waals surface area contributed by atoms with Crippen LogP contribution in [0.5, 0.6) is 0 Å². The first-order valence-corrected chi connectivity index (χ1v) is 10.2. The maximum absolute atomic E-state index is 12.8. The molecular weight excluding hydrogens is 372 g/mol. The molecule has 2 rings (SSSR count). The Bertz CT molecular complexity index is 794. The monoisotopic (exact) mass is 398 g/mol. The van der Waals surface area contributed by atoms with Crippen molar-refractivity contribution in [3.8, 4) is 0 Å². The van der Waals surface area contributed by atoms with Crippen molar-refractivity contribution in [3.63, 3.8) is 0 Å². The molecule has 1 fully saturated rings. The number of sulfonamides is 1. The molecule has 3 atom stereocenters. The van der Waals surface area contributed by atoms with E-state index in [1.165, 1.54) is 28.6 Å². The van der Waals surface area contributed by atoms with E-state index < -0.39 is 34.0 Å². The summed E-state index contributed by atoms with van der Waals surface area (Å²) in [5.74, 6) is -1.47. The Kier molecular flexibility index (Phi) is 6.28. The summed E-state index contributed by atoms with van der Waals surface area (Å²) in [6, 6.07) is 5.47. The van der Waals surface area contributed by atoms with Crippen molar-refractivity contribution < 1.29 is 28.2 Å². The summed E-state index contributed by atoms with van der Waals surface area (Å²) in [6.45, 7) is 5.60. The van der Waals surface area contributed by atoms with Crippen molar-refractivity contribution >= 4 is 21.9 Å². The first-order chi connectivity index (χ1) is 12.4. The van der Waals surface area contributed by atoms with Crippen LogP contribution in [-0.4, -0.2) is 60.0 Å². The minimum atomic E-state index is -3.63. The van der Waals surface area contributed by atoms with Crippen LogP contribution in [0.15, 0.2) is 29.2 Å². The van der Waals surface area contributed by atoms with Crippen LogP contribution in [0.25, 0.3) is 0 Å². The fourth-order valence-corrected chi connectivity index (χ4v) is 4.84. The molecule has 0 aliphatic carbocycles. The van der Waals surface area contributed by atoms with Gasteiger partial charge >= 0.3 is 5.97 Å². The summed E-state index contributed by atoms with van der Waals surface area (Å²) in [5.41, 5.74) is -1.91. The molecule has 0 radical (unpaired) electrons. The molecule has 1 aliphatic heterocycles. The maximum atomic E-state index is 12.8. The summed E-state index contributed by atoms with van der Waals surface area (Å²) >= 11 is 0. The average Bonchev–Trinajstić information content (AvgIpc) is 2.59. The van der Waals surface area contributed by atoms with E-state index in [2.05, 4.69) is 5.32 Å². The van der Waals surface area contributed by atoms with Crippen molar-refractivity contribution in [1.82, 2.24) is 9.62 Å². The number of hydrogen-bond donors (Lipinski definition) is 3. The van der Waals surface area contributed by atoms with Gasteiger partial charge < -0.3 is 15.5 Å². The third-order valence-electron chi connectivity index (χ3n) is 4.64. The maximum Gasteiger partial charge on any atom is 0.337 e. The zero-order valence-corrected chi connectivity index (χ0v) is 16.5. The number of amides is 1. The number of carboxylic acids is 1. The largest absolute Gasteiger partial charge is 0.479 e. The number of aliphatic hydroxyl groups is 1. The lowest BCUT2D eigenvalue weighted by Gasteiger charge is -2.34. The molecule has 3 unspecified atom stereocenters. The normalized spacial score (nSPS) is 23.4. The Hall–Kier alpha value is -1.97. The van der Waals surface area contributed by atoms with E-state index in [1.807, 2.05) is 13.8 Å². The van der Waals surface area contributed by atoms with E-state index in [1.54, 1.807) is 0 Å². The van der Waals surface area contributed by atoms with Gasteiger partial charge in [-0.15, -0.1) is 0 Å². The standard InChI is InChI=1S/C18H26N2O6S/c1-12-8-13(2)10-20(9-12)27(25,26)15-6-4-14(5-7-15)16(21)19-11-18(3,24)17(22)23/h4-7,12-13,24H,8-11H2,1-3H3,(H,19,21)(H,22,23). The molecule has 0 saturated carbocycles. The molecule has 1 amide bonds. The van der Waals surface area contributed by atoms with Gasteiger partial charge in [0.25, 0.3) is 5.91 Å². The van der Waals surface area contributed by atoms with Gasteiger partial charge in [-0.3, -0.25) is 4.79 Å². The van der Waals surface area contributed by atoms with E-state index in [-0.39, 0.29) is 22.3 Å². The highest BCUT2D eigenvalue weighted by molar-refractivity contribution is 7.89. The van der Waals surface area contributed by atoms with E-state index in [0.717, 1.165) is 13.3 Å². The minimum absolute atomic E-state index is 0.109. The zero-order chi connectivity index (χ0) is 20.4. The summed E-state index contributed by atoms with van der Waals surface area (Å²) in [5, 5.41) is 20.8. The molecule has 27 heavy (non-hydrogen) atoms. The number of carbonyl (C=O) groups excluding carboxylic acids is 1. The van der Waals surface area contributed by atoms with Crippen LogP contribution in [0.4, 0.5) is 0 Å². The van der Waals surface area contributed by atoms with E-state index in [0.29, 0.717) is 13.1 Å². The first-order valence-electron chi connectivity index (χ1n) is 8.77. The summed E-state index contributed by atoms with van der Waals surface area (Å²) in [4.78, 5) is 23.0. The number of rotatable bonds is 6. The zero-order valence-electron chi connectivity index (χ0n) is 15.7. The second-order valence-electron chi connectivity index (χ2n) is 7.55. The van der Waals surface area contributed by atoms with Crippen molar-refractivity contribution in [1.29, 1.82) is 0 Å². The van der Waals surface area contributed by atoms with Gasteiger partial charge in [-0.2, -0.15) is 4.31 Å². The number of carbonyl (C=O) groups is 2. The van der Waals surface area contributed by atoms with Crippen molar-refractivity contribution in [2.45, 2.75) is 37.7 Å². The van der Waals surface area contributed by atoms with Crippen LogP contribution < -0.4 is 5.32 Å². The van der Waals surface area contributed by atoms with Gasteiger partial charge in [0.15, 0.2) is 5.60 Å². The molecule has 1 aromatic carbocycles. The second kappa shape index (κ2) is 7.95. The highest BCUT2D eigenvalue weighted by atomic mass is 32.2. The highest BCUT2D eigenvalue weighted by Gasteiger charge is 2.32. The molecule has 1 heterocycles. The van der Waals surface area contributed by atoms with Gasteiger partial charge in [-0.1, -0.05) is 13.8 Å². The molecule has 0 spiro atoms. The molecule has 150 valence electrons. The predicted octanol–water partition coefficient (Wildman–Crippen LogP) is 0.919. The molecule has 0 aromatic heterocycles. The fraction of sp³-hybridized carbons (Fsp3) is 0.556. The molecule has 0 bridgehead atoms. The lowest BCUT2D eigenvalue weighted by molar-refractivity contribution is -0.155. The van der Waals surface area contributed by atoms with Crippen LogP contribution >= 0.6 is 0 Å². The smallest absolute Gasteiger partial charge is 0.337 e. The summed E-state index contributed by atoms with van der Waals surface area (Å²) in [7, 11) is -3.63. The second-order valence-corrected chi connectivity index (χ2v) is 9.49. The van der Waals surface area contributed by atoms with Gasteiger partial charge in [0, 0.05) is 18.7 Å². The quantitative estimate of drug-likeness (QED) is 0.655. The van der Waals surface area contributed by atoms with E-state index in [4.69, 9.17) is 5.11 Å². The molecule has 1 saturated heterocycles. The fourth-order valence-electron chi connectivity index (χ4n) is 3.16. The van der Waals surface area contributed by atoms with Gasteiger partial charge in [0.05, 0.1) is 11.4 Å². The Morgan fingerprint density at radius 2 is 1.70 bits per heavy atom. The summed E-state index contributed by atoms with van der Waals surface area (Å²) in [6.07, 6.45) is 0.991. The number of hydrogen-bond acceptors (Lipinski definition) is 5. The number of piperidine rings is 1. The summed E-state index contributed by atoms with van der Waals surface area (Å²) < 4.78 is 27.1. The molecular formula is C18H26N2O6S. The van der Waals surface area contributed by atoms with Gasteiger partial charge in [-0.25, -0.2) is 13.2 Å². The predicted molar refractivity (Wildman–Crippen MR) is 98.7 cm³/mol. The SMILES string of the molecule is CC1CC(C)CN(S(=O)(=O)c2ccc(C(=O)NCC(C)(O)C(=O)O)cc2)C1. The molecule has 9 heteroatoms. The van der Waals surface area contributed by atoms with Crippen LogP contribution in [0.1, 0.15) is 37.6 Å². The third-order valence-corrected chi connectivity index (χ3v) is 6.49. The van der Waals surface area contributed by atoms with E-state index in [9.17, 15) is 23.1 Å².